The molecule has 2 rings (SSSR count). The van der Waals surface area contributed by atoms with E-state index in [2.05, 4.69) is 9.97 Å². The number of fused-ring (bicyclic) bond motifs is 1. The zero-order valence-corrected chi connectivity index (χ0v) is 9.20. The van der Waals surface area contributed by atoms with Crippen LogP contribution in [-0.4, -0.2) is 16.5 Å². The van der Waals surface area contributed by atoms with Crippen LogP contribution in [0.4, 0.5) is 4.39 Å². The Morgan fingerprint density at radius 2 is 2.12 bits per heavy atom. The average molecular weight is 219 g/mol. The lowest BCUT2D eigenvalue weighted by Gasteiger charge is -2.06. The summed E-state index contributed by atoms with van der Waals surface area (Å²) in [6.07, 6.45) is 1.61. The predicted octanol–water partition coefficient (Wildman–Crippen LogP) is 1.97. The molecule has 2 aromatic rings. The third-order valence-electron chi connectivity index (χ3n) is 2.49. The maximum atomic E-state index is 13.6. The van der Waals surface area contributed by atoms with Gasteiger partial charge in [0.25, 0.3) is 0 Å². The van der Waals surface area contributed by atoms with Crippen molar-refractivity contribution in [2.24, 2.45) is 5.73 Å². The number of halogens is 1. The van der Waals surface area contributed by atoms with E-state index in [0.717, 1.165) is 23.9 Å². The molecule has 0 fully saturated rings. The van der Waals surface area contributed by atoms with Gasteiger partial charge in [0.1, 0.15) is 17.2 Å². The molecule has 2 N–H and O–H groups in total. The lowest BCUT2D eigenvalue weighted by Crippen LogP contribution is -2.04. The molecular formula is C12H14FN3. The first kappa shape index (κ1) is 11.0. The standard InChI is InChI=1S/C12H14FN3/c1-8-15-11(6-3-7-14)9-4-2-5-10(13)12(9)16-8/h2,4-5H,3,6-7,14H2,1H3. The molecular weight excluding hydrogens is 205 g/mol. The summed E-state index contributed by atoms with van der Waals surface area (Å²) in [5, 5.41) is 0.791. The highest BCUT2D eigenvalue weighted by Crippen LogP contribution is 2.19. The highest BCUT2D eigenvalue weighted by atomic mass is 19.1. The molecule has 0 aliphatic rings. The number of aromatic nitrogens is 2. The van der Waals surface area contributed by atoms with Crippen molar-refractivity contribution in [1.29, 1.82) is 0 Å². The average Bonchev–Trinajstić information content (AvgIpc) is 2.27. The number of para-hydroxylation sites is 1. The van der Waals surface area contributed by atoms with Crippen molar-refractivity contribution in [3.63, 3.8) is 0 Å². The van der Waals surface area contributed by atoms with Crippen molar-refractivity contribution in [3.05, 3.63) is 35.5 Å². The van der Waals surface area contributed by atoms with Gasteiger partial charge in [-0.05, 0) is 32.4 Å². The lowest BCUT2D eigenvalue weighted by molar-refractivity contribution is 0.635. The number of hydrogen-bond acceptors (Lipinski definition) is 3. The number of nitrogens with zero attached hydrogens (tertiary/aromatic N) is 2. The molecule has 0 aliphatic heterocycles. The Hall–Kier alpha value is -1.55. The molecule has 0 spiro atoms. The maximum Gasteiger partial charge on any atom is 0.149 e. The molecule has 3 nitrogen and oxygen atoms in total. The Morgan fingerprint density at radius 3 is 2.88 bits per heavy atom. The summed E-state index contributed by atoms with van der Waals surface area (Å²) >= 11 is 0. The minimum Gasteiger partial charge on any atom is -0.330 e. The fourth-order valence-corrected chi connectivity index (χ4v) is 1.76. The highest BCUT2D eigenvalue weighted by Gasteiger charge is 2.08. The van der Waals surface area contributed by atoms with Gasteiger partial charge in [-0.2, -0.15) is 0 Å². The summed E-state index contributed by atoms with van der Waals surface area (Å²) in [6, 6.07) is 4.95. The molecule has 1 heterocycles. The van der Waals surface area contributed by atoms with Crippen LogP contribution in [0.2, 0.25) is 0 Å². The van der Waals surface area contributed by atoms with E-state index in [4.69, 9.17) is 5.73 Å². The van der Waals surface area contributed by atoms with Crippen molar-refractivity contribution in [2.45, 2.75) is 19.8 Å². The van der Waals surface area contributed by atoms with E-state index in [-0.39, 0.29) is 5.82 Å². The van der Waals surface area contributed by atoms with Gasteiger partial charge in [-0.1, -0.05) is 12.1 Å². The van der Waals surface area contributed by atoms with Gasteiger partial charge < -0.3 is 5.73 Å². The molecule has 0 bridgehead atoms. The normalized spacial score (nSPS) is 10.9. The molecule has 0 atom stereocenters. The molecule has 84 valence electrons. The number of nitrogens with two attached hydrogens (primary N) is 1. The van der Waals surface area contributed by atoms with E-state index >= 15 is 0 Å². The van der Waals surface area contributed by atoms with Crippen LogP contribution in [-0.2, 0) is 6.42 Å². The summed E-state index contributed by atoms with van der Waals surface area (Å²) < 4.78 is 13.6. The van der Waals surface area contributed by atoms with Crippen LogP contribution in [0.3, 0.4) is 0 Å². The van der Waals surface area contributed by atoms with Gasteiger partial charge in [0.2, 0.25) is 0 Å². The molecule has 1 aromatic carbocycles. The second-order valence-corrected chi connectivity index (χ2v) is 3.75. The van der Waals surface area contributed by atoms with Crippen molar-refractivity contribution in [2.75, 3.05) is 6.54 Å². The highest BCUT2D eigenvalue weighted by molar-refractivity contribution is 5.81. The van der Waals surface area contributed by atoms with Crippen LogP contribution in [0, 0.1) is 12.7 Å². The Kier molecular flexibility index (Phi) is 3.10. The van der Waals surface area contributed by atoms with Crippen molar-refractivity contribution < 1.29 is 4.39 Å². The van der Waals surface area contributed by atoms with E-state index in [9.17, 15) is 4.39 Å². The molecule has 0 saturated heterocycles. The summed E-state index contributed by atoms with van der Waals surface area (Å²) in [5.41, 5.74) is 6.76. The maximum absolute atomic E-state index is 13.6. The first-order valence-electron chi connectivity index (χ1n) is 5.34. The largest absolute Gasteiger partial charge is 0.330 e. The van der Waals surface area contributed by atoms with E-state index < -0.39 is 0 Å². The van der Waals surface area contributed by atoms with Crippen LogP contribution in [0.25, 0.3) is 10.9 Å². The fraction of sp³-hybridized carbons (Fsp3) is 0.333. The lowest BCUT2D eigenvalue weighted by atomic mass is 10.1. The zero-order valence-electron chi connectivity index (χ0n) is 9.20. The molecule has 16 heavy (non-hydrogen) atoms. The molecule has 0 radical (unpaired) electrons. The second-order valence-electron chi connectivity index (χ2n) is 3.75. The third kappa shape index (κ3) is 2.02. The molecule has 4 heteroatoms. The number of aryl methyl sites for hydroxylation is 2. The minimum atomic E-state index is -0.294. The number of hydrogen-bond donors (Lipinski definition) is 1. The SMILES string of the molecule is Cc1nc(CCCN)c2cccc(F)c2n1. The third-order valence-corrected chi connectivity index (χ3v) is 2.49. The number of benzene rings is 1. The quantitative estimate of drug-likeness (QED) is 0.858. The van der Waals surface area contributed by atoms with Crippen LogP contribution >= 0.6 is 0 Å². The van der Waals surface area contributed by atoms with E-state index in [0.29, 0.717) is 17.9 Å². The predicted molar refractivity (Wildman–Crippen MR) is 61.6 cm³/mol. The fourth-order valence-electron chi connectivity index (χ4n) is 1.76. The smallest absolute Gasteiger partial charge is 0.149 e. The molecule has 0 amide bonds. The monoisotopic (exact) mass is 219 g/mol. The van der Waals surface area contributed by atoms with E-state index in [1.807, 2.05) is 6.07 Å². The molecule has 0 unspecified atom stereocenters. The molecule has 0 aliphatic carbocycles. The van der Waals surface area contributed by atoms with Crippen molar-refractivity contribution in [3.8, 4) is 0 Å². The van der Waals surface area contributed by atoms with Gasteiger partial charge in [0.05, 0.1) is 5.69 Å². The number of rotatable bonds is 3. The topological polar surface area (TPSA) is 51.8 Å². The molecule has 0 saturated carbocycles. The van der Waals surface area contributed by atoms with Crippen LogP contribution in [0.5, 0.6) is 0 Å². The Bertz CT molecular complexity index is 511. The van der Waals surface area contributed by atoms with Crippen LogP contribution in [0.1, 0.15) is 17.9 Å². The Balaban J connectivity index is 2.59. The van der Waals surface area contributed by atoms with Crippen molar-refractivity contribution in [1.82, 2.24) is 9.97 Å². The summed E-state index contributed by atoms with van der Waals surface area (Å²) in [4.78, 5) is 8.47. The van der Waals surface area contributed by atoms with Gasteiger partial charge >= 0.3 is 0 Å². The Morgan fingerprint density at radius 1 is 1.31 bits per heavy atom. The van der Waals surface area contributed by atoms with Gasteiger partial charge in [0, 0.05) is 5.39 Å². The summed E-state index contributed by atoms with van der Waals surface area (Å²) in [5.74, 6) is 0.307. The van der Waals surface area contributed by atoms with Crippen molar-refractivity contribution >= 4 is 10.9 Å². The van der Waals surface area contributed by atoms with Gasteiger partial charge in [0.15, 0.2) is 0 Å². The second kappa shape index (κ2) is 4.53. The first-order chi connectivity index (χ1) is 7.72. The van der Waals surface area contributed by atoms with Gasteiger partial charge in [-0.15, -0.1) is 0 Å². The molecule has 1 aromatic heterocycles. The summed E-state index contributed by atoms with van der Waals surface area (Å²) in [7, 11) is 0. The van der Waals surface area contributed by atoms with Gasteiger partial charge in [-0.3, -0.25) is 0 Å². The van der Waals surface area contributed by atoms with Gasteiger partial charge in [-0.25, -0.2) is 14.4 Å². The summed E-state index contributed by atoms with van der Waals surface area (Å²) in [6.45, 7) is 2.39. The van der Waals surface area contributed by atoms with E-state index in [1.54, 1.807) is 13.0 Å². The van der Waals surface area contributed by atoms with Crippen LogP contribution < -0.4 is 5.73 Å². The van der Waals surface area contributed by atoms with Crippen LogP contribution in [0.15, 0.2) is 18.2 Å². The zero-order chi connectivity index (χ0) is 11.5. The Labute approximate surface area is 93.5 Å². The minimum absolute atomic E-state index is 0.294. The van der Waals surface area contributed by atoms with E-state index in [1.165, 1.54) is 6.07 Å². The first-order valence-corrected chi connectivity index (χ1v) is 5.34.